The lowest BCUT2D eigenvalue weighted by Gasteiger charge is -2.34. The van der Waals surface area contributed by atoms with E-state index in [-0.39, 0.29) is 17.9 Å². The summed E-state index contributed by atoms with van der Waals surface area (Å²) in [6, 6.07) is 23.7. The maximum Gasteiger partial charge on any atom is 0.318 e. The fourth-order valence-electron chi connectivity index (χ4n) is 6.27. The quantitative estimate of drug-likeness (QED) is 0.217. The molecular weight excluding hydrogens is 522 g/mol. The number of aromatic amines is 1. The molecule has 1 fully saturated rings. The topological polar surface area (TPSA) is 80.5 Å². The van der Waals surface area contributed by atoms with Crippen molar-refractivity contribution in [3.05, 3.63) is 101 Å². The van der Waals surface area contributed by atoms with Crippen LogP contribution in [0.5, 0.6) is 0 Å². The third-order valence-electron chi connectivity index (χ3n) is 8.52. The molecule has 0 bridgehead atoms. The molecular formula is C35H43N5O2. The molecule has 7 nitrogen and oxygen atoms in total. The van der Waals surface area contributed by atoms with Crippen LogP contribution < -0.4 is 10.6 Å². The van der Waals surface area contributed by atoms with E-state index in [0.717, 1.165) is 53.5 Å². The average molecular weight is 566 g/mol. The third kappa shape index (κ3) is 6.68. The number of benzene rings is 3. The lowest BCUT2D eigenvalue weighted by molar-refractivity contribution is -0.118. The Bertz CT molecular complexity index is 1520. The number of carbonyl (C=O) groups is 2. The summed E-state index contributed by atoms with van der Waals surface area (Å²) in [7, 11) is 4.04. The highest BCUT2D eigenvalue weighted by molar-refractivity contribution is 5.98. The van der Waals surface area contributed by atoms with Gasteiger partial charge >= 0.3 is 6.03 Å². The summed E-state index contributed by atoms with van der Waals surface area (Å²) < 4.78 is 0. The minimum absolute atomic E-state index is 0.189. The smallest absolute Gasteiger partial charge is 0.318 e. The predicted molar refractivity (Wildman–Crippen MR) is 171 cm³/mol. The number of aryl methyl sites for hydroxylation is 1. The summed E-state index contributed by atoms with van der Waals surface area (Å²) in [6.45, 7) is 6.30. The van der Waals surface area contributed by atoms with E-state index in [9.17, 15) is 9.59 Å². The Morgan fingerprint density at radius 1 is 1.00 bits per heavy atom. The van der Waals surface area contributed by atoms with E-state index >= 15 is 0 Å². The van der Waals surface area contributed by atoms with Crippen LogP contribution >= 0.6 is 0 Å². The molecule has 0 radical (unpaired) electrons. The fraction of sp³-hybridized carbons (Fsp3) is 0.371. The molecule has 42 heavy (non-hydrogen) atoms. The van der Waals surface area contributed by atoms with Gasteiger partial charge in [0.1, 0.15) is 6.04 Å². The summed E-state index contributed by atoms with van der Waals surface area (Å²) in [5.74, 6) is -0.0391. The number of H-pyrrole nitrogens is 1. The van der Waals surface area contributed by atoms with Gasteiger partial charge in [0.05, 0.1) is 0 Å². The number of hydrogen-bond acceptors (Lipinski definition) is 3. The Kier molecular flexibility index (Phi) is 9.28. The minimum atomic E-state index is -0.757. The number of hydrogen-bond donors (Lipinski definition) is 3. The first-order valence-corrected chi connectivity index (χ1v) is 15.1. The standard InChI is InChI=1S/C35H43N5O2/c1-5-26-12-6-7-14-29(26)27-17-19-40(20-18-27)35(42)38-33(24(2)31-22-36-32-16-9-8-15-30(31)32)34(41)37-28-13-10-11-25(21-28)23-39(3)4/h6-16,21-22,24,27,33,36H,5,17-20,23H2,1-4H3,(H,37,41)(H,38,42)/t24-,33+/m0/s1. The Labute approximate surface area is 249 Å². The maximum atomic E-state index is 13.9. The SMILES string of the molecule is CCc1ccccc1C1CCN(C(=O)N[C@@H](C(=O)Nc2cccc(CN(C)C)c2)[C@@H](C)c2c[nH]c3ccccc23)CC1. The molecule has 1 aliphatic heterocycles. The molecule has 0 aliphatic carbocycles. The van der Waals surface area contributed by atoms with Gasteiger partial charge in [0.2, 0.25) is 5.91 Å². The van der Waals surface area contributed by atoms with Crippen LogP contribution in [0.4, 0.5) is 10.5 Å². The van der Waals surface area contributed by atoms with Gasteiger partial charge in [-0.2, -0.15) is 0 Å². The second-order valence-corrected chi connectivity index (χ2v) is 11.7. The highest BCUT2D eigenvalue weighted by Gasteiger charge is 2.33. The number of para-hydroxylation sites is 1. The van der Waals surface area contributed by atoms with Crippen molar-refractivity contribution in [2.45, 2.75) is 57.5 Å². The summed E-state index contributed by atoms with van der Waals surface area (Å²) in [5, 5.41) is 7.29. The van der Waals surface area contributed by atoms with Crippen LogP contribution in [-0.2, 0) is 17.8 Å². The van der Waals surface area contributed by atoms with Crippen molar-refractivity contribution in [3.63, 3.8) is 0 Å². The van der Waals surface area contributed by atoms with E-state index in [4.69, 9.17) is 0 Å². The number of aromatic nitrogens is 1. The zero-order valence-electron chi connectivity index (χ0n) is 25.2. The number of likely N-dealkylation sites (tertiary alicyclic amines) is 1. The lowest BCUT2D eigenvalue weighted by atomic mass is 9.86. The molecule has 5 rings (SSSR count). The maximum absolute atomic E-state index is 13.9. The first kappa shape index (κ1) is 29.4. The molecule has 3 amide bonds. The van der Waals surface area contributed by atoms with E-state index < -0.39 is 6.04 Å². The Balaban J connectivity index is 1.33. The van der Waals surface area contributed by atoms with Crippen molar-refractivity contribution in [1.82, 2.24) is 20.1 Å². The highest BCUT2D eigenvalue weighted by Crippen LogP contribution is 2.32. The van der Waals surface area contributed by atoms with Crippen LogP contribution in [0.25, 0.3) is 10.9 Å². The van der Waals surface area contributed by atoms with Crippen LogP contribution in [0, 0.1) is 0 Å². The van der Waals surface area contributed by atoms with Crippen molar-refractivity contribution in [2.24, 2.45) is 0 Å². The van der Waals surface area contributed by atoms with Crippen LogP contribution in [0.3, 0.4) is 0 Å². The number of carbonyl (C=O) groups excluding carboxylic acids is 2. The zero-order valence-corrected chi connectivity index (χ0v) is 25.2. The van der Waals surface area contributed by atoms with E-state index in [1.807, 2.05) is 74.6 Å². The molecule has 3 N–H and O–H groups in total. The summed E-state index contributed by atoms with van der Waals surface area (Å²) in [5.41, 5.74) is 6.63. The number of urea groups is 1. The minimum Gasteiger partial charge on any atom is -0.361 e. The van der Waals surface area contributed by atoms with Crippen LogP contribution in [0.1, 0.15) is 60.8 Å². The van der Waals surface area contributed by atoms with Gasteiger partial charge in [0.15, 0.2) is 0 Å². The van der Waals surface area contributed by atoms with Gasteiger partial charge in [0, 0.05) is 48.3 Å². The molecule has 0 spiro atoms. The number of amides is 3. The van der Waals surface area contributed by atoms with Crippen molar-refractivity contribution in [1.29, 1.82) is 0 Å². The van der Waals surface area contributed by atoms with Crippen molar-refractivity contribution in [3.8, 4) is 0 Å². The predicted octanol–water partition coefficient (Wildman–Crippen LogP) is 6.49. The highest BCUT2D eigenvalue weighted by atomic mass is 16.2. The monoisotopic (exact) mass is 565 g/mol. The number of anilines is 1. The van der Waals surface area contributed by atoms with Gasteiger partial charge in [-0.25, -0.2) is 4.79 Å². The normalized spacial score (nSPS) is 15.5. The molecule has 2 heterocycles. The van der Waals surface area contributed by atoms with Crippen molar-refractivity contribution < 1.29 is 9.59 Å². The van der Waals surface area contributed by atoms with E-state index in [1.54, 1.807) is 0 Å². The average Bonchev–Trinajstić information content (AvgIpc) is 3.43. The van der Waals surface area contributed by atoms with E-state index in [1.165, 1.54) is 11.1 Å². The number of fused-ring (bicyclic) bond motifs is 1. The van der Waals surface area contributed by atoms with Gasteiger partial charge < -0.3 is 25.4 Å². The zero-order chi connectivity index (χ0) is 29.6. The molecule has 4 aromatic rings. The molecule has 7 heteroatoms. The summed E-state index contributed by atoms with van der Waals surface area (Å²) in [6.07, 6.45) is 4.80. The van der Waals surface area contributed by atoms with Crippen LogP contribution in [-0.4, -0.2) is 59.9 Å². The molecule has 1 aliphatic rings. The van der Waals surface area contributed by atoms with Crippen molar-refractivity contribution in [2.75, 3.05) is 32.5 Å². The first-order chi connectivity index (χ1) is 20.3. The number of nitrogens with zero attached hydrogens (tertiary/aromatic N) is 2. The third-order valence-corrected chi connectivity index (χ3v) is 8.52. The largest absolute Gasteiger partial charge is 0.361 e. The number of nitrogens with one attached hydrogen (secondary N) is 3. The molecule has 2 atom stereocenters. The Morgan fingerprint density at radius 2 is 1.74 bits per heavy atom. The summed E-state index contributed by atoms with van der Waals surface area (Å²) >= 11 is 0. The van der Waals surface area contributed by atoms with E-state index in [0.29, 0.717) is 19.0 Å². The van der Waals surface area contributed by atoms with Crippen molar-refractivity contribution >= 4 is 28.5 Å². The van der Waals surface area contributed by atoms with E-state index in [2.05, 4.69) is 57.8 Å². The molecule has 1 saturated heterocycles. The van der Waals surface area contributed by atoms with Crippen LogP contribution in [0.15, 0.2) is 79.0 Å². The summed E-state index contributed by atoms with van der Waals surface area (Å²) in [4.78, 5) is 34.8. The van der Waals surface area contributed by atoms with Gasteiger partial charge in [0.25, 0.3) is 0 Å². The Hall–Kier alpha value is -4.10. The van der Waals surface area contributed by atoms with Gasteiger partial charge in [-0.05, 0) is 79.7 Å². The first-order valence-electron chi connectivity index (χ1n) is 15.1. The molecule has 3 aromatic carbocycles. The Morgan fingerprint density at radius 3 is 2.50 bits per heavy atom. The molecule has 0 saturated carbocycles. The van der Waals surface area contributed by atoms with Gasteiger partial charge in [-0.1, -0.05) is 68.4 Å². The lowest BCUT2D eigenvalue weighted by Crippen LogP contribution is -2.53. The second kappa shape index (κ2) is 13.3. The molecule has 0 unspecified atom stereocenters. The number of piperidine rings is 1. The van der Waals surface area contributed by atoms with Gasteiger partial charge in [-0.3, -0.25) is 4.79 Å². The molecule has 220 valence electrons. The van der Waals surface area contributed by atoms with Gasteiger partial charge in [-0.15, -0.1) is 0 Å². The second-order valence-electron chi connectivity index (χ2n) is 11.7. The van der Waals surface area contributed by atoms with Crippen LogP contribution in [0.2, 0.25) is 0 Å². The fourth-order valence-corrected chi connectivity index (χ4v) is 6.27. The molecule has 1 aromatic heterocycles. The number of rotatable bonds is 9.